The fourth-order valence-corrected chi connectivity index (χ4v) is 8.53. The van der Waals surface area contributed by atoms with Crippen molar-refractivity contribution in [3.8, 4) is 0 Å². The number of hydrogen-bond donors (Lipinski definition) is 2. The molecule has 3 aromatic heterocycles. The quantitative estimate of drug-likeness (QED) is 0.176. The number of nitrogens with zero attached hydrogens (tertiary/aromatic N) is 5. The summed E-state index contributed by atoms with van der Waals surface area (Å²) in [5, 5.41) is 13.5. The van der Waals surface area contributed by atoms with Crippen molar-refractivity contribution in [2.45, 2.75) is 38.1 Å². The van der Waals surface area contributed by atoms with E-state index in [4.69, 9.17) is 32.6 Å². The second-order valence-corrected chi connectivity index (χ2v) is 14.5. The topological polar surface area (TPSA) is 103 Å². The van der Waals surface area contributed by atoms with E-state index in [0.29, 0.717) is 27.3 Å². The fourth-order valence-electron chi connectivity index (χ4n) is 8.18. The lowest BCUT2D eigenvalue weighted by atomic mass is 9.82. The third kappa shape index (κ3) is 5.65. The Morgan fingerprint density at radius 1 is 0.981 bits per heavy atom. The van der Waals surface area contributed by atoms with Crippen molar-refractivity contribution >= 4 is 62.8 Å². The van der Waals surface area contributed by atoms with Gasteiger partial charge in [-0.3, -0.25) is 4.79 Å². The van der Waals surface area contributed by atoms with Crippen LogP contribution in [0.2, 0.25) is 10.0 Å². The summed E-state index contributed by atoms with van der Waals surface area (Å²) in [7, 11) is 0. The van der Waals surface area contributed by atoms with E-state index < -0.39 is 0 Å². The van der Waals surface area contributed by atoms with E-state index in [-0.39, 0.29) is 23.8 Å². The number of benzene rings is 3. The second kappa shape index (κ2) is 13.3. The van der Waals surface area contributed by atoms with Crippen LogP contribution in [0.5, 0.6) is 0 Å². The summed E-state index contributed by atoms with van der Waals surface area (Å²) in [6, 6.07) is 26.0. The van der Waals surface area contributed by atoms with Gasteiger partial charge in [-0.2, -0.15) is 0 Å². The largest absolute Gasteiger partial charge is 0.428 e. The van der Waals surface area contributed by atoms with Gasteiger partial charge in [0.05, 0.1) is 17.4 Å². The number of amides is 1. The van der Waals surface area contributed by atoms with Crippen LogP contribution in [0.3, 0.4) is 0 Å². The zero-order valence-electron chi connectivity index (χ0n) is 28.4. The number of aromatic nitrogens is 4. The van der Waals surface area contributed by atoms with E-state index in [9.17, 15) is 4.79 Å². The molecule has 2 atom stereocenters. The van der Waals surface area contributed by atoms with Gasteiger partial charge >= 0.3 is 0 Å². The first-order valence-electron chi connectivity index (χ1n) is 17.6. The third-order valence-corrected chi connectivity index (χ3v) is 11.0. The number of nitrogens with one attached hydrogen (secondary N) is 2. The SMILES string of the molecule is CC1CC=CN2C(=C1c1ccccc1)c1c(C(=O)Nc3cccnc3N3CCC(c4nnco4)CC3)[nH]c3cc(Cl)cc(c13)C2c1ccc(Cl)cc1. The first-order chi connectivity index (χ1) is 25.4. The fraction of sp³-hybridized carbons (Fsp3) is 0.220. The van der Waals surface area contributed by atoms with Crippen LogP contribution in [-0.2, 0) is 0 Å². The normalized spacial score (nSPS) is 18.8. The molecule has 0 aliphatic carbocycles. The Morgan fingerprint density at radius 2 is 1.79 bits per heavy atom. The van der Waals surface area contributed by atoms with E-state index in [2.05, 4.69) is 85.9 Å². The van der Waals surface area contributed by atoms with Crippen molar-refractivity contribution in [3.63, 3.8) is 0 Å². The molecule has 9 rings (SSSR count). The number of carbonyl (C=O) groups is 1. The Balaban J connectivity index is 1.19. The molecule has 260 valence electrons. The number of fused-ring (bicyclic) bond motifs is 2. The molecular formula is C41H35Cl2N7O2. The van der Waals surface area contributed by atoms with Crippen molar-refractivity contribution in [1.82, 2.24) is 25.1 Å². The van der Waals surface area contributed by atoms with Crippen LogP contribution >= 0.6 is 23.2 Å². The Kier molecular flexibility index (Phi) is 8.32. The molecule has 0 spiro atoms. The van der Waals surface area contributed by atoms with Gasteiger partial charge < -0.3 is 24.5 Å². The van der Waals surface area contributed by atoms with Gasteiger partial charge in [0.1, 0.15) is 5.69 Å². The predicted octanol–water partition coefficient (Wildman–Crippen LogP) is 9.72. The average molecular weight is 729 g/mol. The van der Waals surface area contributed by atoms with Gasteiger partial charge in [0, 0.05) is 57.9 Å². The van der Waals surface area contributed by atoms with Gasteiger partial charge in [-0.25, -0.2) is 4.98 Å². The van der Waals surface area contributed by atoms with Gasteiger partial charge in [0.2, 0.25) is 12.3 Å². The monoisotopic (exact) mass is 727 g/mol. The highest BCUT2D eigenvalue weighted by molar-refractivity contribution is 6.32. The van der Waals surface area contributed by atoms with Gasteiger partial charge in [0.25, 0.3) is 5.91 Å². The van der Waals surface area contributed by atoms with E-state index in [1.54, 1.807) is 6.20 Å². The molecule has 1 fully saturated rings. The second-order valence-electron chi connectivity index (χ2n) is 13.7. The number of hydrogen-bond acceptors (Lipinski definition) is 7. The Bertz CT molecular complexity index is 2340. The summed E-state index contributed by atoms with van der Waals surface area (Å²) >= 11 is 13.3. The minimum Gasteiger partial charge on any atom is -0.428 e. The molecule has 0 bridgehead atoms. The van der Waals surface area contributed by atoms with E-state index in [0.717, 1.165) is 77.0 Å². The average Bonchev–Trinajstić information content (AvgIpc) is 3.80. The number of anilines is 2. The molecule has 0 saturated carbocycles. The summed E-state index contributed by atoms with van der Waals surface area (Å²) in [4.78, 5) is 27.6. The Labute approximate surface area is 311 Å². The minimum absolute atomic E-state index is 0.166. The number of pyridine rings is 1. The molecule has 1 amide bonds. The van der Waals surface area contributed by atoms with Crippen molar-refractivity contribution in [3.05, 3.63) is 148 Å². The zero-order valence-corrected chi connectivity index (χ0v) is 29.9. The molecule has 3 aliphatic rings. The standard InChI is InChI=1S/C41H35Cl2N7O2/c1-24-7-6-18-50-37(26-11-13-28(42)14-12-26)30-21-29(43)22-32-34(30)35(38(50)33(24)25-8-3-2-4-9-25)36(46-32)40(51)47-31-10-5-17-44-39(31)49-19-15-27(16-20-49)41-48-45-23-52-41/h2-6,8-14,17-18,21-24,27,37,46H,7,15-16,19-20H2,1H3,(H,47,51). The lowest BCUT2D eigenvalue weighted by molar-refractivity contribution is 0.102. The van der Waals surface area contributed by atoms with Crippen LogP contribution in [-0.4, -0.2) is 44.1 Å². The van der Waals surface area contributed by atoms with E-state index in [1.165, 1.54) is 12.0 Å². The van der Waals surface area contributed by atoms with E-state index >= 15 is 0 Å². The molecule has 6 heterocycles. The van der Waals surface area contributed by atoms with Crippen LogP contribution in [0, 0.1) is 5.92 Å². The molecule has 9 nitrogen and oxygen atoms in total. The number of allylic oxidation sites excluding steroid dienone is 2. The van der Waals surface area contributed by atoms with Crippen molar-refractivity contribution in [1.29, 1.82) is 0 Å². The van der Waals surface area contributed by atoms with Crippen LogP contribution in [0.15, 0.2) is 108 Å². The first kappa shape index (κ1) is 32.5. The summed E-state index contributed by atoms with van der Waals surface area (Å²) in [6.45, 7) is 3.74. The maximum atomic E-state index is 14.8. The highest BCUT2D eigenvalue weighted by Crippen LogP contribution is 2.53. The van der Waals surface area contributed by atoms with Crippen molar-refractivity contribution in [2.24, 2.45) is 5.92 Å². The summed E-state index contributed by atoms with van der Waals surface area (Å²) < 4.78 is 5.49. The number of carbonyl (C=O) groups excluding carboxylic acids is 1. The molecule has 1 saturated heterocycles. The van der Waals surface area contributed by atoms with Crippen LogP contribution in [0.1, 0.15) is 76.8 Å². The Hall–Kier alpha value is -5.38. The highest BCUT2D eigenvalue weighted by Gasteiger charge is 2.40. The third-order valence-electron chi connectivity index (χ3n) is 10.5. The molecule has 2 N–H and O–H groups in total. The van der Waals surface area contributed by atoms with Gasteiger partial charge in [-0.05, 0) is 83.8 Å². The lowest BCUT2D eigenvalue weighted by Crippen LogP contribution is -2.34. The molecule has 11 heteroatoms. The van der Waals surface area contributed by atoms with Crippen molar-refractivity contribution < 1.29 is 9.21 Å². The molecule has 2 unspecified atom stereocenters. The maximum absolute atomic E-state index is 14.8. The summed E-state index contributed by atoms with van der Waals surface area (Å²) in [5.74, 6) is 1.51. The molecule has 0 radical (unpaired) electrons. The van der Waals surface area contributed by atoms with Crippen LogP contribution in [0.25, 0.3) is 22.2 Å². The van der Waals surface area contributed by atoms with Gasteiger partial charge in [0.15, 0.2) is 5.82 Å². The maximum Gasteiger partial charge on any atom is 0.272 e. The van der Waals surface area contributed by atoms with Crippen LogP contribution < -0.4 is 10.2 Å². The molecule has 3 aliphatic heterocycles. The molecule has 6 aromatic rings. The Morgan fingerprint density at radius 3 is 2.56 bits per heavy atom. The molecular weight excluding hydrogens is 693 g/mol. The smallest absolute Gasteiger partial charge is 0.272 e. The number of piperidine rings is 1. The lowest BCUT2D eigenvalue weighted by Gasteiger charge is -2.39. The van der Waals surface area contributed by atoms with E-state index in [1.807, 2.05) is 42.5 Å². The number of halogens is 2. The molecule has 3 aromatic carbocycles. The summed E-state index contributed by atoms with van der Waals surface area (Å²) in [5.41, 5.74) is 8.13. The number of H-pyrrole nitrogens is 1. The zero-order chi connectivity index (χ0) is 35.3. The highest BCUT2D eigenvalue weighted by atomic mass is 35.5. The number of rotatable bonds is 6. The van der Waals surface area contributed by atoms with Crippen LogP contribution in [0.4, 0.5) is 11.5 Å². The van der Waals surface area contributed by atoms with Gasteiger partial charge in [-0.15, -0.1) is 10.2 Å². The predicted molar refractivity (Wildman–Crippen MR) is 205 cm³/mol. The number of aromatic amines is 1. The summed E-state index contributed by atoms with van der Waals surface area (Å²) in [6.07, 6.45) is 10.1. The molecule has 52 heavy (non-hydrogen) atoms. The van der Waals surface area contributed by atoms with Crippen molar-refractivity contribution in [2.75, 3.05) is 23.3 Å². The van der Waals surface area contributed by atoms with Gasteiger partial charge in [-0.1, -0.05) is 78.7 Å². The minimum atomic E-state index is -0.256. The first-order valence-corrected chi connectivity index (χ1v) is 18.3.